The lowest BCUT2D eigenvalue weighted by molar-refractivity contribution is -0.124. The molecule has 4 rings (SSSR count). The maximum Gasteiger partial charge on any atom is 0.0543 e. The van der Waals surface area contributed by atoms with Gasteiger partial charge in [0.2, 0.25) is 0 Å². The summed E-state index contributed by atoms with van der Waals surface area (Å²) in [5.41, 5.74) is 1.07. The van der Waals surface area contributed by atoms with E-state index in [2.05, 4.69) is 26.5 Å². The van der Waals surface area contributed by atoms with Crippen LogP contribution in [0.4, 0.5) is 0 Å². The molecule has 124 valence electrons. The number of hydrogen-bond acceptors (Lipinski definition) is 1. The maximum absolute atomic E-state index is 10.1. The minimum Gasteiger partial charge on any atom is -0.393 e. The van der Waals surface area contributed by atoms with Crippen molar-refractivity contribution in [2.45, 2.75) is 77.7 Å². The topological polar surface area (TPSA) is 20.2 Å². The number of allylic oxidation sites excluding steroid dienone is 1. The summed E-state index contributed by atoms with van der Waals surface area (Å²) in [6, 6.07) is 0. The van der Waals surface area contributed by atoms with Crippen LogP contribution in [0.5, 0.6) is 0 Å². The predicted octanol–water partition coefficient (Wildman–Crippen LogP) is 5.19. The first-order chi connectivity index (χ1) is 10.5. The van der Waals surface area contributed by atoms with Crippen LogP contribution in [0, 0.1) is 40.4 Å². The third-order valence-electron chi connectivity index (χ3n) is 9.00. The van der Waals surface area contributed by atoms with Gasteiger partial charge in [-0.3, -0.25) is 0 Å². The van der Waals surface area contributed by atoms with Crippen molar-refractivity contribution in [1.82, 2.24) is 0 Å². The van der Waals surface area contributed by atoms with Crippen molar-refractivity contribution in [2.75, 3.05) is 0 Å². The van der Waals surface area contributed by atoms with Crippen LogP contribution in [0.1, 0.15) is 71.6 Å². The van der Waals surface area contributed by atoms with Gasteiger partial charge in [-0.2, -0.15) is 0 Å². The van der Waals surface area contributed by atoms with E-state index in [1.807, 2.05) is 0 Å². The molecule has 0 radical (unpaired) electrons. The molecule has 0 aromatic carbocycles. The van der Waals surface area contributed by atoms with Gasteiger partial charge in [-0.1, -0.05) is 19.9 Å². The normalized spacial score (nSPS) is 57.6. The minimum atomic E-state index is -0.0138. The van der Waals surface area contributed by atoms with E-state index in [-0.39, 0.29) is 6.10 Å². The molecule has 1 N–H and O–H groups in total. The van der Waals surface area contributed by atoms with Gasteiger partial charge in [-0.05, 0) is 98.2 Å². The Morgan fingerprint density at radius 3 is 2.41 bits per heavy atom. The van der Waals surface area contributed by atoms with Gasteiger partial charge in [0.25, 0.3) is 0 Å². The zero-order valence-electron chi connectivity index (χ0n) is 14.6. The molecule has 8 atom stereocenters. The van der Waals surface area contributed by atoms with E-state index in [9.17, 15) is 5.11 Å². The van der Waals surface area contributed by atoms with Crippen LogP contribution < -0.4 is 0 Å². The van der Waals surface area contributed by atoms with Crippen LogP contribution in [-0.2, 0) is 0 Å². The van der Waals surface area contributed by atoms with Gasteiger partial charge in [0.15, 0.2) is 0 Å². The maximum atomic E-state index is 10.1. The number of aliphatic hydroxyl groups excluding tert-OH is 1. The minimum absolute atomic E-state index is 0.0138. The molecule has 22 heavy (non-hydrogen) atoms. The van der Waals surface area contributed by atoms with Gasteiger partial charge in [0.05, 0.1) is 6.10 Å². The second-order valence-corrected chi connectivity index (χ2v) is 9.55. The Hall–Kier alpha value is -0.300. The molecule has 0 amide bonds. The highest BCUT2D eigenvalue weighted by Crippen LogP contribution is 2.67. The largest absolute Gasteiger partial charge is 0.393 e. The predicted molar refractivity (Wildman–Crippen MR) is 91.4 cm³/mol. The summed E-state index contributed by atoms with van der Waals surface area (Å²) in [5, 5.41) is 10.1. The lowest BCUT2D eigenvalue weighted by Crippen LogP contribution is -2.53. The third-order valence-corrected chi connectivity index (χ3v) is 9.00. The van der Waals surface area contributed by atoms with E-state index in [1.165, 1.54) is 44.9 Å². The molecule has 0 saturated heterocycles. The standard InChI is InChI=1S/C21H34O/c1-4-14-6-8-18-17-7-5-15-13-16(22)9-11-21(15,3)19(17)10-12-20(14,18)2/h4,14-19,22H,1,5-13H2,2-3H3/t14-,15?,16+,17-,18-,19-,20+,21-/m0/s1. The number of aliphatic hydroxyl groups is 1. The van der Waals surface area contributed by atoms with Crippen molar-refractivity contribution in [3.63, 3.8) is 0 Å². The molecular formula is C21H34O. The fourth-order valence-electron chi connectivity index (χ4n) is 7.66. The third kappa shape index (κ3) is 1.93. The average Bonchev–Trinajstić information content (AvgIpc) is 2.84. The smallest absolute Gasteiger partial charge is 0.0543 e. The van der Waals surface area contributed by atoms with Crippen molar-refractivity contribution in [2.24, 2.45) is 40.4 Å². The monoisotopic (exact) mass is 302 g/mol. The lowest BCUT2D eigenvalue weighted by Gasteiger charge is -2.60. The number of fused-ring (bicyclic) bond motifs is 5. The Balaban J connectivity index is 1.62. The first-order valence-corrected chi connectivity index (χ1v) is 9.79. The summed E-state index contributed by atoms with van der Waals surface area (Å²) >= 11 is 0. The Morgan fingerprint density at radius 1 is 0.909 bits per heavy atom. The highest BCUT2D eigenvalue weighted by molar-refractivity contribution is 5.11. The molecule has 0 aromatic rings. The molecule has 0 heterocycles. The van der Waals surface area contributed by atoms with Gasteiger partial charge in [-0.15, -0.1) is 6.58 Å². The Kier molecular flexibility index (Phi) is 3.53. The molecule has 0 aliphatic heterocycles. The van der Waals surface area contributed by atoms with E-state index < -0.39 is 0 Å². The fraction of sp³-hybridized carbons (Fsp3) is 0.905. The highest BCUT2D eigenvalue weighted by atomic mass is 16.3. The van der Waals surface area contributed by atoms with E-state index in [1.54, 1.807) is 0 Å². The van der Waals surface area contributed by atoms with E-state index in [0.717, 1.165) is 42.4 Å². The first kappa shape index (κ1) is 15.2. The molecule has 4 saturated carbocycles. The van der Waals surface area contributed by atoms with Gasteiger partial charge < -0.3 is 5.11 Å². The molecule has 0 aromatic heterocycles. The summed E-state index contributed by atoms with van der Waals surface area (Å²) < 4.78 is 0. The Labute approximate surface area is 136 Å². The van der Waals surface area contributed by atoms with Crippen LogP contribution in [0.2, 0.25) is 0 Å². The summed E-state index contributed by atoms with van der Waals surface area (Å²) in [5.74, 6) is 4.38. The highest BCUT2D eigenvalue weighted by Gasteiger charge is 2.59. The van der Waals surface area contributed by atoms with E-state index in [0.29, 0.717) is 10.8 Å². The SMILES string of the molecule is C=C[C@H]1CC[C@H]2[C@@H]3CCC4C[C@H](O)CC[C@]4(C)[C@H]3CC[C@]12C. The molecule has 4 aliphatic rings. The van der Waals surface area contributed by atoms with Gasteiger partial charge in [-0.25, -0.2) is 0 Å². The first-order valence-electron chi connectivity index (χ1n) is 9.79. The lowest BCUT2D eigenvalue weighted by atomic mass is 9.44. The number of rotatable bonds is 1. The molecule has 0 spiro atoms. The summed E-state index contributed by atoms with van der Waals surface area (Å²) in [6.07, 6.45) is 14.1. The quantitative estimate of drug-likeness (QED) is 0.661. The number of hydrogen-bond donors (Lipinski definition) is 1. The molecule has 1 unspecified atom stereocenters. The summed E-state index contributed by atoms with van der Waals surface area (Å²) in [4.78, 5) is 0. The molecule has 4 aliphatic carbocycles. The van der Waals surface area contributed by atoms with Gasteiger partial charge >= 0.3 is 0 Å². The summed E-state index contributed by atoms with van der Waals surface area (Å²) in [6.45, 7) is 9.30. The average molecular weight is 303 g/mol. The van der Waals surface area contributed by atoms with Crippen LogP contribution in [0.15, 0.2) is 12.7 Å². The Morgan fingerprint density at radius 2 is 1.64 bits per heavy atom. The summed E-state index contributed by atoms with van der Waals surface area (Å²) in [7, 11) is 0. The van der Waals surface area contributed by atoms with Crippen LogP contribution in [0.3, 0.4) is 0 Å². The zero-order valence-corrected chi connectivity index (χ0v) is 14.6. The van der Waals surface area contributed by atoms with Crippen molar-refractivity contribution in [3.8, 4) is 0 Å². The van der Waals surface area contributed by atoms with Crippen LogP contribution in [0.25, 0.3) is 0 Å². The molecule has 1 heteroatoms. The molecule has 1 nitrogen and oxygen atoms in total. The van der Waals surface area contributed by atoms with E-state index >= 15 is 0 Å². The second-order valence-electron chi connectivity index (χ2n) is 9.55. The van der Waals surface area contributed by atoms with Gasteiger partial charge in [0.1, 0.15) is 0 Å². The molecular weight excluding hydrogens is 268 g/mol. The molecule has 0 bridgehead atoms. The Bertz CT molecular complexity index is 457. The van der Waals surface area contributed by atoms with Gasteiger partial charge in [0, 0.05) is 0 Å². The second kappa shape index (κ2) is 5.10. The zero-order chi connectivity index (χ0) is 15.5. The van der Waals surface area contributed by atoms with Crippen molar-refractivity contribution < 1.29 is 5.11 Å². The van der Waals surface area contributed by atoms with Crippen LogP contribution >= 0.6 is 0 Å². The van der Waals surface area contributed by atoms with E-state index in [4.69, 9.17) is 0 Å². The molecule has 4 fully saturated rings. The van der Waals surface area contributed by atoms with Crippen molar-refractivity contribution in [3.05, 3.63) is 12.7 Å². The van der Waals surface area contributed by atoms with Crippen molar-refractivity contribution in [1.29, 1.82) is 0 Å². The fourth-order valence-corrected chi connectivity index (χ4v) is 7.66. The van der Waals surface area contributed by atoms with Crippen LogP contribution in [-0.4, -0.2) is 11.2 Å². The van der Waals surface area contributed by atoms with Crippen molar-refractivity contribution >= 4 is 0 Å².